The number of aromatic nitrogens is 1. The summed E-state index contributed by atoms with van der Waals surface area (Å²) in [7, 11) is 0. The molecule has 3 heterocycles. The summed E-state index contributed by atoms with van der Waals surface area (Å²) in [6.07, 6.45) is 4.30. The Labute approximate surface area is 109 Å². The molecule has 1 amide bonds. The lowest BCUT2D eigenvalue weighted by Crippen LogP contribution is -2.50. The van der Waals surface area contributed by atoms with Crippen LogP contribution in [0.4, 0.5) is 0 Å². The average Bonchev–Trinajstić information content (AvgIpc) is 3.03. The summed E-state index contributed by atoms with van der Waals surface area (Å²) in [6.45, 7) is 1.18. The molecule has 19 heavy (non-hydrogen) atoms. The number of nitrogens with zero attached hydrogens (tertiary/aromatic N) is 2. The van der Waals surface area contributed by atoms with E-state index in [1.807, 2.05) is 6.07 Å². The molecule has 2 aromatic rings. The van der Waals surface area contributed by atoms with Crippen LogP contribution in [0.25, 0.3) is 0 Å². The molecule has 1 N–H and O–H groups in total. The molecule has 1 aliphatic heterocycles. The second kappa shape index (κ2) is 4.89. The Bertz CT molecular complexity index is 555. The van der Waals surface area contributed by atoms with Crippen LogP contribution in [0.2, 0.25) is 0 Å². The Balaban J connectivity index is 1.54. The highest BCUT2D eigenvalue weighted by Gasteiger charge is 2.32. The van der Waals surface area contributed by atoms with E-state index in [2.05, 4.69) is 5.16 Å². The minimum atomic E-state index is -0.247. The van der Waals surface area contributed by atoms with Crippen molar-refractivity contribution in [2.75, 3.05) is 13.1 Å². The molecule has 0 aliphatic carbocycles. The number of amides is 1. The Morgan fingerprint density at radius 2 is 2.37 bits per heavy atom. The van der Waals surface area contributed by atoms with Crippen LogP contribution < -0.4 is 0 Å². The van der Waals surface area contributed by atoms with Gasteiger partial charge < -0.3 is 18.9 Å². The highest BCUT2D eigenvalue weighted by molar-refractivity contribution is 5.92. The van der Waals surface area contributed by atoms with Gasteiger partial charge >= 0.3 is 0 Å². The number of carbonyl (C=O) groups is 1. The SMILES string of the molecule is O=C(c1cc(CO)on1)N1CC(Cc2ccoc2)C1. The quantitative estimate of drug-likeness (QED) is 0.891. The summed E-state index contributed by atoms with van der Waals surface area (Å²) in [5.41, 5.74) is 1.41. The van der Waals surface area contributed by atoms with Crippen molar-refractivity contribution in [2.45, 2.75) is 13.0 Å². The molecule has 0 unspecified atom stereocenters. The summed E-state index contributed by atoms with van der Waals surface area (Å²) in [4.78, 5) is 13.7. The van der Waals surface area contributed by atoms with Gasteiger partial charge in [-0.05, 0) is 24.0 Å². The molecule has 3 rings (SSSR count). The van der Waals surface area contributed by atoms with E-state index in [1.165, 1.54) is 6.07 Å². The molecule has 6 nitrogen and oxygen atoms in total. The van der Waals surface area contributed by atoms with Gasteiger partial charge in [-0.25, -0.2) is 0 Å². The van der Waals surface area contributed by atoms with Crippen molar-refractivity contribution >= 4 is 5.91 Å². The standard InChI is InChI=1S/C13H14N2O4/c16-7-11-4-12(14-19-11)13(17)15-5-10(6-15)3-9-1-2-18-8-9/h1-2,4,8,10,16H,3,5-7H2. The summed E-state index contributed by atoms with van der Waals surface area (Å²) in [5.74, 6) is 0.622. The Morgan fingerprint density at radius 3 is 3.00 bits per heavy atom. The minimum Gasteiger partial charge on any atom is -0.472 e. The van der Waals surface area contributed by atoms with Crippen LogP contribution in [0.3, 0.4) is 0 Å². The van der Waals surface area contributed by atoms with Crippen molar-refractivity contribution in [1.82, 2.24) is 10.1 Å². The fourth-order valence-corrected chi connectivity index (χ4v) is 2.26. The predicted molar refractivity (Wildman–Crippen MR) is 64.2 cm³/mol. The number of aliphatic hydroxyl groups excluding tert-OH is 1. The van der Waals surface area contributed by atoms with Gasteiger partial charge in [0.25, 0.3) is 5.91 Å². The van der Waals surface area contributed by atoms with Crippen molar-refractivity contribution in [3.05, 3.63) is 41.7 Å². The molecule has 1 fully saturated rings. The minimum absolute atomic E-state index is 0.146. The highest BCUT2D eigenvalue weighted by Crippen LogP contribution is 2.22. The van der Waals surface area contributed by atoms with E-state index in [9.17, 15) is 4.79 Å². The van der Waals surface area contributed by atoms with Crippen molar-refractivity contribution in [3.63, 3.8) is 0 Å². The molecule has 0 bridgehead atoms. The van der Waals surface area contributed by atoms with Gasteiger partial charge in [-0.2, -0.15) is 0 Å². The van der Waals surface area contributed by atoms with Crippen LogP contribution in [0.15, 0.2) is 33.6 Å². The molecule has 100 valence electrons. The summed E-state index contributed by atoms with van der Waals surface area (Å²) >= 11 is 0. The molecule has 0 aromatic carbocycles. The number of carbonyl (C=O) groups excluding carboxylic acids is 1. The molecular formula is C13H14N2O4. The van der Waals surface area contributed by atoms with Gasteiger partial charge in [-0.3, -0.25) is 4.79 Å². The zero-order chi connectivity index (χ0) is 13.2. The second-order valence-corrected chi connectivity index (χ2v) is 4.75. The molecule has 2 aromatic heterocycles. The molecule has 0 atom stereocenters. The molecule has 0 radical (unpaired) electrons. The molecule has 1 aliphatic rings. The van der Waals surface area contributed by atoms with E-state index in [1.54, 1.807) is 17.4 Å². The molecule has 1 saturated heterocycles. The van der Waals surface area contributed by atoms with Crippen LogP contribution in [-0.2, 0) is 13.0 Å². The average molecular weight is 262 g/mol. The maximum atomic E-state index is 12.0. The first kappa shape index (κ1) is 12.0. The number of hydrogen-bond donors (Lipinski definition) is 1. The lowest BCUT2D eigenvalue weighted by molar-refractivity contribution is 0.0490. The highest BCUT2D eigenvalue weighted by atomic mass is 16.5. The van der Waals surface area contributed by atoms with Gasteiger partial charge in [-0.1, -0.05) is 5.16 Å². The third-order valence-electron chi connectivity index (χ3n) is 3.28. The van der Waals surface area contributed by atoms with Crippen LogP contribution in [0.5, 0.6) is 0 Å². The maximum Gasteiger partial charge on any atom is 0.276 e. The Kier molecular flexibility index (Phi) is 3.08. The number of aliphatic hydroxyl groups is 1. The lowest BCUT2D eigenvalue weighted by atomic mass is 9.93. The molecule has 0 saturated carbocycles. The maximum absolute atomic E-state index is 12.0. The fraction of sp³-hybridized carbons (Fsp3) is 0.385. The van der Waals surface area contributed by atoms with Gasteiger partial charge in [0.15, 0.2) is 11.5 Å². The van der Waals surface area contributed by atoms with E-state index in [0.717, 1.165) is 12.0 Å². The van der Waals surface area contributed by atoms with Gasteiger partial charge in [0.2, 0.25) is 0 Å². The van der Waals surface area contributed by atoms with Crippen molar-refractivity contribution < 1.29 is 18.8 Å². The molecule has 0 spiro atoms. The first-order valence-electron chi connectivity index (χ1n) is 6.13. The normalized spacial score (nSPS) is 15.5. The monoisotopic (exact) mass is 262 g/mol. The number of likely N-dealkylation sites (tertiary alicyclic amines) is 1. The van der Waals surface area contributed by atoms with Crippen molar-refractivity contribution in [3.8, 4) is 0 Å². The third-order valence-corrected chi connectivity index (χ3v) is 3.28. The second-order valence-electron chi connectivity index (χ2n) is 4.75. The fourth-order valence-electron chi connectivity index (χ4n) is 2.26. The zero-order valence-corrected chi connectivity index (χ0v) is 10.3. The number of furan rings is 1. The van der Waals surface area contributed by atoms with Crippen LogP contribution in [-0.4, -0.2) is 34.2 Å². The lowest BCUT2D eigenvalue weighted by Gasteiger charge is -2.38. The summed E-state index contributed by atoms with van der Waals surface area (Å²) in [5, 5.41) is 12.5. The topological polar surface area (TPSA) is 79.7 Å². The van der Waals surface area contributed by atoms with Crippen molar-refractivity contribution in [1.29, 1.82) is 0 Å². The van der Waals surface area contributed by atoms with Crippen LogP contribution in [0.1, 0.15) is 21.8 Å². The van der Waals surface area contributed by atoms with E-state index in [-0.39, 0.29) is 18.2 Å². The largest absolute Gasteiger partial charge is 0.472 e. The van der Waals surface area contributed by atoms with Crippen LogP contribution >= 0.6 is 0 Å². The van der Waals surface area contributed by atoms with Gasteiger partial charge in [0, 0.05) is 19.2 Å². The summed E-state index contributed by atoms with van der Waals surface area (Å²) < 4.78 is 9.82. The van der Waals surface area contributed by atoms with E-state index >= 15 is 0 Å². The number of rotatable bonds is 4. The van der Waals surface area contributed by atoms with Gasteiger partial charge in [-0.15, -0.1) is 0 Å². The molecule has 6 heteroatoms. The number of hydrogen-bond acceptors (Lipinski definition) is 5. The Hall–Kier alpha value is -2.08. The van der Waals surface area contributed by atoms with Gasteiger partial charge in [0.1, 0.15) is 6.61 Å². The molecular weight excluding hydrogens is 248 g/mol. The smallest absolute Gasteiger partial charge is 0.276 e. The third kappa shape index (κ3) is 2.39. The predicted octanol–water partition coefficient (Wildman–Crippen LogP) is 1.07. The van der Waals surface area contributed by atoms with E-state index in [4.69, 9.17) is 14.0 Å². The first-order chi connectivity index (χ1) is 9.26. The van der Waals surface area contributed by atoms with Gasteiger partial charge in [0.05, 0.1) is 12.5 Å². The summed E-state index contributed by atoms with van der Waals surface area (Å²) in [6, 6.07) is 3.42. The van der Waals surface area contributed by atoms with E-state index in [0.29, 0.717) is 24.8 Å². The van der Waals surface area contributed by atoms with E-state index < -0.39 is 0 Å². The Morgan fingerprint density at radius 1 is 1.53 bits per heavy atom. The van der Waals surface area contributed by atoms with Crippen LogP contribution in [0, 0.1) is 5.92 Å². The zero-order valence-electron chi connectivity index (χ0n) is 10.3. The van der Waals surface area contributed by atoms with Crippen molar-refractivity contribution in [2.24, 2.45) is 5.92 Å². The first-order valence-corrected chi connectivity index (χ1v) is 6.13.